The highest BCUT2D eigenvalue weighted by Crippen LogP contribution is 2.21. The monoisotopic (exact) mass is 208 g/mol. The predicted molar refractivity (Wildman–Crippen MR) is 59.3 cm³/mol. The van der Waals surface area contributed by atoms with Crippen LogP contribution in [-0.2, 0) is 4.79 Å². The molecule has 0 spiro atoms. The first kappa shape index (κ1) is 11.2. The Morgan fingerprint density at radius 3 is 3.07 bits per heavy atom. The van der Waals surface area contributed by atoms with Gasteiger partial charge in [0.05, 0.1) is 0 Å². The zero-order chi connectivity index (χ0) is 10.2. The number of aromatic nitrogens is 1. The molecule has 0 unspecified atom stereocenters. The molecule has 0 aromatic carbocycles. The summed E-state index contributed by atoms with van der Waals surface area (Å²) in [5.74, 6) is 1.05. The zero-order valence-electron chi connectivity index (χ0n) is 8.32. The van der Waals surface area contributed by atoms with Gasteiger partial charge in [0.1, 0.15) is 5.69 Å². The van der Waals surface area contributed by atoms with E-state index < -0.39 is 0 Å². The van der Waals surface area contributed by atoms with E-state index in [1.54, 1.807) is 18.0 Å². The Morgan fingerprint density at radius 1 is 1.50 bits per heavy atom. The minimum atomic E-state index is 0.439. The van der Waals surface area contributed by atoms with Crippen molar-refractivity contribution in [3.63, 3.8) is 0 Å². The van der Waals surface area contributed by atoms with E-state index in [1.165, 1.54) is 19.3 Å². The van der Waals surface area contributed by atoms with Gasteiger partial charge < -0.3 is 0 Å². The molecule has 1 aromatic heterocycles. The lowest BCUT2D eigenvalue weighted by Crippen LogP contribution is -1.90. The number of nitrogens with zero attached hydrogens (tertiary/aromatic N) is 1. The van der Waals surface area contributed by atoms with Gasteiger partial charge in [0, 0.05) is 11.1 Å². The highest BCUT2D eigenvalue weighted by molar-refractivity contribution is 7.99. The van der Waals surface area contributed by atoms with Crippen molar-refractivity contribution in [2.24, 2.45) is 0 Å². The van der Waals surface area contributed by atoms with Crippen molar-refractivity contribution in [3.05, 3.63) is 24.0 Å². The van der Waals surface area contributed by atoms with Crippen LogP contribution in [0.1, 0.15) is 31.9 Å². The number of unbranched alkanes of at least 4 members (excludes halogenated alkanes) is 2. The van der Waals surface area contributed by atoms with Gasteiger partial charge in [-0.2, -0.15) is 0 Å². The number of carbonyl (C=O) groups excluding carboxylic acids is 1. The molecular weight excluding hydrogens is 194 g/mol. The van der Waals surface area contributed by atoms with Gasteiger partial charge in [-0.3, -0.25) is 9.78 Å². The van der Waals surface area contributed by atoms with Crippen LogP contribution in [0, 0.1) is 0 Å². The maximum Gasteiger partial charge on any atom is 0.254 e. The molecule has 0 saturated carbocycles. The lowest BCUT2D eigenvalue weighted by Gasteiger charge is -2.01. The van der Waals surface area contributed by atoms with Crippen LogP contribution in [0.2, 0.25) is 0 Å². The Morgan fingerprint density at radius 2 is 2.36 bits per heavy atom. The summed E-state index contributed by atoms with van der Waals surface area (Å²) in [6.45, 7) is 2.18. The van der Waals surface area contributed by atoms with Crippen LogP contribution in [0.5, 0.6) is 0 Å². The van der Waals surface area contributed by atoms with E-state index in [0.29, 0.717) is 5.69 Å². The molecule has 0 N–H and O–H groups in total. The average molecular weight is 208 g/mol. The third-order valence-electron chi connectivity index (χ3n) is 1.87. The quantitative estimate of drug-likeness (QED) is 0.532. The summed E-state index contributed by atoms with van der Waals surface area (Å²) in [5, 5.41) is 0. The Kier molecular flexibility index (Phi) is 5.30. The Hall–Kier alpha value is -0.830. The molecule has 0 aliphatic carbocycles. The molecule has 0 fully saturated rings. The summed E-state index contributed by atoms with van der Waals surface area (Å²) in [4.78, 5) is 15.4. The first-order valence-corrected chi connectivity index (χ1v) is 5.83. The summed E-state index contributed by atoms with van der Waals surface area (Å²) in [6.07, 6.45) is 7.13. The maximum absolute atomic E-state index is 10.5. The molecule has 0 bridgehead atoms. The van der Waals surface area contributed by atoms with Gasteiger partial charge in [-0.1, -0.05) is 19.8 Å². The van der Waals surface area contributed by atoms with Gasteiger partial charge >= 0.3 is 0 Å². The highest BCUT2D eigenvalue weighted by atomic mass is 32.2. The van der Waals surface area contributed by atoms with Gasteiger partial charge in [-0.15, -0.1) is 11.8 Å². The summed E-state index contributed by atoms with van der Waals surface area (Å²) in [7, 11) is 0. The minimum absolute atomic E-state index is 0.439. The van der Waals surface area contributed by atoms with Crippen LogP contribution in [0.3, 0.4) is 0 Å². The molecule has 0 amide bonds. The minimum Gasteiger partial charge on any atom is -0.283 e. The molecule has 2 nitrogen and oxygen atoms in total. The zero-order valence-corrected chi connectivity index (χ0v) is 9.14. The van der Waals surface area contributed by atoms with Gasteiger partial charge in [-0.25, -0.2) is 0 Å². The Balaban J connectivity index is 2.45. The lowest BCUT2D eigenvalue weighted by atomic mass is 10.3. The van der Waals surface area contributed by atoms with E-state index in [-0.39, 0.29) is 0 Å². The second-order valence-corrected chi connectivity index (χ2v) is 4.14. The lowest BCUT2D eigenvalue weighted by molar-refractivity contribution is 0.560. The summed E-state index contributed by atoms with van der Waals surface area (Å²) in [6, 6.07) is 3.77. The molecule has 0 aliphatic rings. The normalized spacial score (nSPS) is 10.1. The van der Waals surface area contributed by atoms with E-state index in [2.05, 4.69) is 11.9 Å². The Bertz CT molecular complexity index is 288. The van der Waals surface area contributed by atoms with E-state index in [9.17, 15) is 4.79 Å². The number of thioether (sulfide) groups is 1. The third kappa shape index (κ3) is 3.50. The molecule has 3 heteroatoms. The fourth-order valence-corrected chi connectivity index (χ4v) is 2.09. The fourth-order valence-electron chi connectivity index (χ4n) is 1.12. The van der Waals surface area contributed by atoms with E-state index >= 15 is 0 Å². The molecular formula is C11H14NOS. The van der Waals surface area contributed by atoms with Crippen molar-refractivity contribution in [1.82, 2.24) is 4.98 Å². The van der Waals surface area contributed by atoms with Crippen LogP contribution in [0.4, 0.5) is 0 Å². The van der Waals surface area contributed by atoms with Crippen molar-refractivity contribution in [1.29, 1.82) is 0 Å². The summed E-state index contributed by atoms with van der Waals surface area (Å²) in [5.41, 5.74) is 0.439. The number of rotatable bonds is 6. The maximum atomic E-state index is 10.5. The topological polar surface area (TPSA) is 30.0 Å². The average Bonchev–Trinajstić information content (AvgIpc) is 2.25. The highest BCUT2D eigenvalue weighted by Gasteiger charge is 2.02. The standard InChI is InChI=1S/C11H14NOS/c1-2-3-4-8-14-11-6-5-7-12-10(11)9-13/h5-7H,2-4,8H2,1H3. The van der Waals surface area contributed by atoms with E-state index in [0.717, 1.165) is 10.6 Å². The largest absolute Gasteiger partial charge is 0.283 e. The second-order valence-electron chi connectivity index (χ2n) is 3.01. The summed E-state index contributed by atoms with van der Waals surface area (Å²) < 4.78 is 0. The molecule has 1 aromatic rings. The van der Waals surface area contributed by atoms with Gasteiger partial charge in [0.2, 0.25) is 0 Å². The van der Waals surface area contributed by atoms with Crippen LogP contribution >= 0.6 is 11.8 Å². The SMILES string of the molecule is CCCCCSc1cccnc1[C]=O. The first-order valence-electron chi connectivity index (χ1n) is 4.84. The Labute approximate surface area is 89.1 Å². The molecule has 1 heterocycles. The van der Waals surface area contributed by atoms with E-state index in [4.69, 9.17) is 0 Å². The van der Waals surface area contributed by atoms with Crippen molar-refractivity contribution >= 4 is 18.0 Å². The van der Waals surface area contributed by atoms with Crippen LogP contribution in [-0.4, -0.2) is 17.0 Å². The van der Waals surface area contributed by atoms with Crippen LogP contribution in [0.25, 0.3) is 0 Å². The van der Waals surface area contributed by atoms with Crippen molar-refractivity contribution in [2.45, 2.75) is 31.1 Å². The van der Waals surface area contributed by atoms with Gasteiger partial charge in [0.25, 0.3) is 6.29 Å². The first-order chi connectivity index (χ1) is 6.88. The summed E-state index contributed by atoms with van der Waals surface area (Å²) >= 11 is 1.69. The third-order valence-corrected chi connectivity index (χ3v) is 3.01. The van der Waals surface area contributed by atoms with Crippen LogP contribution in [0.15, 0.2) is 23.2 Å². The number of hydrogen-bond donors (Lipinski definition) is 0. The molecule has 1 radical (unpaired) electrons. The second kappa shape index (κ2) is 6.60. The van der Waals surface area contributed by atoms with E-state index in [1.807, 2.05) is 18.4 Å². The van der Waals surface area contributed by atoms with Crippen molar-refractivity contribution in [3.8, 4) is 0 Å². The molecule has 1 rings (SSSR count). The van der Waals surface area contributed by atoms with Crippen molar-refractivity contribution < 1.29 is 4.79 Å². The van der Waals surface area contributed by atoms with Gasteiger partial charge in [-0.05, 0) is 24.3 Å². The smallest absolute Gasteiger partial charge is 0.254 e. The molecule has 75 valence electrons. The number of pyridine rings is 1. The molecule has 14 heavy (non-hydrogen) atoms. The number of hydrogen-bond acceptors (Lipinski definition) is 3. The molecule has 0 aliphatic heterocycles. The van der Waals surface area contributed by atoms with Crippen molar-refractivity contribution in [2.75, 3.05) is 5.75 Å². The van der Waals surface area contributed by atoms with Gasteiger partial charge in [0.15, 0.2) is 0 Å². The van der Waals surface area contributed by atoms with Crippen LogP contribution < -0.4 is 0 Å². The fraction of sp³-hybridized carbons (Fsp3) is 0.455. The molecule has 0 saturated heterocycles. The predicted octanol–water partition coefficient (Wildman–Crippen LogP) is 2.82. The molecule has 0 atom stereocenters.